The highest BCUT2D eigenvalue weighted by molar-refractivity contribution is 6.31. The molecule has 4 nitrogen and oxygen atoms in total. The summed E-state index contributed by atoms with van der Waals surface area (Å²) < 4.78 is 7.83. The standard InChI is InChI=1S/C14H26ClN3O/c1-6-9-18-12(11(15)10-17-18)13(16-4)14(7-2,8-3)19-5/h10,13,16H,6-9H2,1-5H3. The minimum absolute atomic E-state index is 0.0362. The number of hydrogen-bond donors (Lipinski definition) is 1. The summed E-state index contributed by atoms with van der Waals surface area (Å²) in [6, 6.07) is 0.0362. The third-order valence-corrected chi connectivity index (χ3v) is 4.25. The van der Waals surface area contributed by atoms with Crippen molar-refractivity contribution in [2.24, 2.45) is 0 Å². The molecule has 0 spiro atoms. The minimum Gasteiger partial charge on any atom is -0.376 e. The van der Waals surface area contributed by atoms with E-state index in [1.165, 1.54) is 0 Å². The van der Waals surface area contributed by atoms with Crippen molar-refractivity contribution in [2.45, 2.75) is 58.2 Å². The molecule has 0 aliphatic rings. The predicted molar refractivity (Wildman–Crippen MR) is 79.7 cm³/mol. The van der Waals surface area contributed by atoms with Crippen molar-refractivity contribution in [3.63, 3.8) is 0 Å². The van der Waals surface area contributed by atoms with Crippen LogP contribution in [-0.2, 0) is 11.3 Å². The first-order valence-corrected chi connectivity index (χ1v) is 7.41. The number of rotatable bonds is 8. The molecule has 0 radical (unpaired) electrons. The van der Waals surface area contributed by atoms with Crippen molar-refractivity contribution in [2.75, 3.05) is 14.2 Å². The molecule has 0 amide bonds. The number of aromatic nitrogens is 2. The van der Waals surface area contributed by atoms with Crippen molar-refractivity contribution in [3.8, 4) is 0 Å². The Kier molecular flexibility index (Phi) is 6.30. The van der Waals surface area contributed by atoms with E-state index in [4.69, 9.17) is 16.3 Å². The summed E-state index contributed by atoms with van der Waals surface area (Å²) in [5.74, 6) is 0. The van der Waals surface area contributed by atoms with Gasteiger partial charge in [-0.15, -0.1) is 0 Å². The number of nitrogens with one attached hydrogen (secondary N) is 1. The minimum atomic E-state index is -0.260. The van der Waals surface area contributed by atoms with E-state index >= 15 is 0 Å². The van der Waals surface area contributed by atoms with Gasteiger partial charge < -0.3 is 10.1 Å². The largest absolute Gasteiger partial charge is 0.376 e. The maximum absolute atomic E-state index is 6.35. The van der Waals surface area contributed by atoms with Gasteiger partial charge in [-0.3, -0.25) is 4.68 Å². The lowest BCUT2D eigenvalue weighted by atomic mass is 9.86. The average molecular weight is 288 g/mol. The van der Waals surface area contributed by atoms with Crippen LogP contribution in [0.4, 0.5) is 0 Å². The van der Waals surface area contributed by atoms with Gasteiger partial charge in [0.25, 0.3) is 0 Å². The van der Waals surface area contributed by atoms with E-state index in [0.29, 0.717) is 5.02 Å². The summed E-state index contributed by atoms with van der Waals surface area (Å²) in [5.41, 5.74) is 0.765. The number of aryl methyl sites for hydroxylation is 1. The van der Waals surface area contributed by atoms with E-state index in [-0.39, 0.29) is 11.6 Å². The Morgan fingerprint density at radius 1 is 1.42 bits per heavy atom. The number of methoxy groups -OCH3 is 1. The zero-order valence-electron chi connectivity index (χ0n) is 12.7. The second kappa shape index (κ2) is 7.27. The first-order valence-electron chi connectivity index (χ1n) is 7.03. The predicted octanol–water partition coefficient (Wildman–Crippen LogP) is 3.41. The van der Waals surface area contributed by atoms with E-state index in [0.717, 1.165) is 31.5 Å². The van der Waals surface area contributed by atoms with Crippen molar-refractivity contribution < 1.29 is 4.74 Å². The van der Waals surface area contributed by atoms with Gasteiger partial charge in [-0.1, -0.05) is 32.4 Å². The molecule has 0 saturated carbocycles. The highest BCUT2D eigenvalue weighted by atomic mass is 35.5. The van der Waals surface area contributed by atoms with Gasteiger partial charge in [-0.05, 0) is 26.3 Å². The first-order chi connectivity index (χ1) is 9.10. The van der Waals surface area contributed by atoms with E-state index in [1.807, 2.05) is 11.7 Å². The lowest BCUT2D eigenvalue weighted by Gasteiger charge is -2.38. The molecule has 0 aromatic carbocycles. The highest BCUT2D eigenvalue weighted by Crippen LogP contribution is 2.37. The molecule has 0 bridgehead atoms. The van der Waals surface area contributed by atoms with Crippen LogP contribution in [0.15, 0.2) is 6.20 Å². The average Bonchev–Trinajstić information content (AvgIpc) is 2.78. The molecule has 1 atom stereocenters. The van der Waals surface area contributed by atoms with Gasteiger partial charge in [0.1, 0.15) is 0 Å². The summed E-state index contributed by atoms with van der Waals surface area (Å²) in [5, 5.41) is 8.45. The first kappa shape index (κ1) is 16.5. The summed E-state index contributed by atoms with van der Waals surface area (Å²) >= 11 is 6.35. The van der Waals surface area contributed by atoms with E-state index in [2.05, 4.69) is 31.2 Å². The molecule has 110 valence electrons. The van der Waals surface area contributed by atoms with Crippen LogP contribution in [0.1, 0.15) is 51.8 Å². The third-order valence-electron chi connectivity index (χ3n) is 3.96. The zero-order chi connectivity index (χ0) is 14.5. The van der Waals surface area contributed by atoms with Gasteiger partial charge in [0.05, 0.1) is 28.6 Å². The number of halogens is 1. The molecule has 1 N–H and O–H groups in total. The molecule has 1 unspecified atom stereocenters. The number of likely N-dealkylation sites (N-methyl/N-ethyl adjacent to an activating group) is 1. The van der Waals surface area contributed by atoms with Crippen LogP contribution in [0, 0.1) is 0 Å². The molecular weight excluding hydrogens is 262 g/mol. The fourth-order valence-corrected chi connectivity index (χ4v) is 3.01. The molecule has 0 aliphatic carbocycles. The molecule has 0 aliphatic heterocycles. The van der Waals surface area contributed by atoms with Crippen molar-refractivity contribution in [3.05, 3.63) is 16.9 Å². The van der Waals surface area contributed by atoms with Crippen LogP contribution in [0.25, 0.3) is 0 Å². The smallest absolute Gasteiger partial charge is 0.0883 e. The summed E-state index contributed by atoms with van der Waals surface area (Å²) in [6.07, 6.45) is 4.58. The zero-order valence-corrected chi connectivity index (χ0v) is 13.4. The molecule has 1 aromatic heterocycles. The van der Waals surface area contributed by atoms with Crippen LogP contribution in [-0.4, -0.2) is 29.5 Å². The summed E-state index contributed by atoms with van der Waals surface area (Å²) in [4.78, 5) is 0. The third kappa shape index (κ3) is 3.12. The van der Waals surface area contributed by atoms with E-state index in [1.54, 1.807) is 13.3 Å². The van der Waals surface area contributed by atoms with Crippen molar-refractivity contribution in [1.29, 1.82) is 0 Å². The Bertz CT molecular complexity index is 380. The van der Waals surface area contributed by atoms with Crippen molar-refractivity contribution in [1.82, 2.24) is 15.1 Å². The van der Waals surface area contributed by atoms with Crippen LogP contribution in [0.5, 0.6) is 0 Å². The molecule has 0 fully saturated rings. The molecule has 0 saturated heterocycles. The molecule has 1 aromatic rings. The van der Waals surface area contributed by atoms with E-state index < -0.39 is 0 Å². The lowest BCUT2D eigenvalue weighted by molar-refractivity contribution is -0.0488. The van der Waals surface area contributed by atoms with Gasteiger partial charge in [0.2, 0.25) is 0 Å². The fraction of sp³-hybridized carbons (Fsp3) is 0.786. The van der Waals surface area contributed by atoms with Crippen LogP contribution in [0.3, 0.4) is 0 Å². The molecule has 1 rings (SSSR count). The van der Waals surface area contributed by atoms with Crippen LogP contribution in [0.2, 0.25) is 5.02 Å². The van der Waals surface area contributed by atoms with E-state index in [9.17, 15) is 0 Å². The SMILES string of the molecule is CCCn1ncc(Cl)c1C(NC)C(CC)(CC)OC. The number of nitrogens with zero attached hydrogens (tertiary/aromatic N) is 2. The lowest BCUT2D eigenvalue weighted by Crippen LogP contribution is -2.44. The maximum Gasteiger partial charge on any atom is 0.0883 e. The quantitative estimate of drug-likeness (QED) is 0.796. The Hall–Kier alpha value is -0.580. The van der Waals surface area contributed by atoms with Gasteiger partial charge >= 0.3 is 0 Å². The van der Waals surface area contributed by atoms with Gasteiger partial charge in [0.15, 0.2) is 0 Å². The molecule has 19 heavy (non-hydrogen) atoms. The van der Waals surface area contributed by atoms with Gasteiger partial charge in [-0.25, -0.2) is 0 Å². The Labute approximate surface area is 121 Å². The Morgan fingerprint density at radius 3 is 2.47 bits per heavy atom. The topological polar surface area (TPSA) is 39.1 Å². The van der Waals surface area contributed by atoms with Crippen LogP contribution < -0.4 is 5.32 Å². The molecule has 5 heteroatoms. The van der Waals surface area contributed by atoms with Gasteiger partial charge in [0, 0.05) is 13.7 Å². The van der Waals surface area contributed by atoms with Crippen molar-refractivity contribution >= 4 is 11.6 Å². The molecular formula is C14H26ClN3O. The molecule has 1 heterocycles. The highest BCUT2D eigenvalue weighted by Gasteiger charge is 2.39. The van der Waals surface area contributed by atoms with Crippen LogP contribution >= 0.6 is 11.6 Å². The number of ether oxygens (including phenoxy) is 1. The normalized spacial score (nSPS) is 13.8. The fourth-order valence-electron chi connectivity index (χ4n) is 2.76. The monoisotopic (exact) mass is 287 g/mol. The second-order valence-electron chi connectivity index (χ2n) is 4.80. The maximum atomic E-state index is 6.35. The Morgan fingerprint density at radius 2 is 2.05 bits per heavy atom. The Balaban J connectivity index is 3.25. The number of hydrogen-bond acceptors (Lipinski definition) is 3. The van der Waals surface area contributed by atoms with Gasteiger partial charge in [-0.2, -0.15) is 5.10 Å². The summed E-state index contributed by atoms with van der Waals surface area (Å²) in [6.45, 7) is 7.29. The summed E-state index contributed by atoms with van der Waals surface area (Å²) in [7, 11) is 3.72. The second-order valence-corrected chi connectivity index (χ2v) is 5.21.